The highest BCUT2D eigenvalue weighted by molar-refractivity contribution is 5.81. The zero-order chi connectivity index (χ0) is 18.2. The van der Waals surface area contributed by atoms with Crippen molar-refractivity contribution in [2.75, 3.05) is 0 Å². The van der Waals surface area contributed by atoms with E-state index >= 15 is 0 Å². The standard InChI is InChI=1S/C19H22N2O4/c1-3-7-18(15-8-5-4-6-9-15)20-19(22)14(2)25-17-12-10-16(11-13-17)21(23)24/h4-6,8-14,18H,3,7H2,1-2H3,(H,20,22)/t14-,18-/m0/s1. The normalized spacial score (nSPS) is 12.9. The second kappa shape index (κ2) is 8.82. The summed E-state index contributed by atoms with van der Waals surface area (Å²) in [5, 5.41) is 13.7. The Bertz CT molecular complexity index is 701. The van der Waals surface area contributed by atoms with Gasteiger partial charge in [-0.2, -0.15) is 0 Å². The number of hydrogen-bond donors (Lipinski definition) is 1. The number of ether oxygens (including phenoxy) is 1. The maximum Gasteiger partial charge on any atom is 0.269 e. The van der Waals surface area contributed by atoms with Crippen molar-refractivity contribution in [3.8, 4) is 5.75 Å². The maximum absolute atomic E-state index is 12.4. The number of nitro groups is 1. The summed E-state index contributed by atoms with van der Waals surface area (Å²) in [6.07, 6.45) is 1.07. The average Bonchev–Trinajstić information content (AvgIpc) is 2.62. The zero-order valence-corrected chi connectivity index (χ0v) is 14.3. The van der Waals surface area contributed by atoms with Crippen molar-refractivity contribution in [1.82, 2.24) is 5.32 Å². The largest absolute Gasteiger partial charge is 0.481 e. The van der Waals surface area contributed by atoms with Crippen LogP contribution in [0.5, 0.6) is 5.75 Å². The van der Waals surface area contributed by atoms with Crippen molar-refractivity contribution in [2.24, 2.45) is 0 Å². The Morgan fingerprint density at radius 2 is 1.80 bits per heavy atom. The third-order valence-electron chi connectivity index (χ3n) is 3.83. The molecule has 2 aromatic rings. The number of amides is 1. The number of nitrogens with one attached hydrogen (secondary N) is 1. The molecular formula is C19H22N2O4. The number of rotatable bonds is 8. The highest BCUT2D eigenvalue weighted by atomic mass is 16.6. The van der Waals surface area contributed by atoms with E-state index in [9.17, 15) is 14.9 Å². The molecule has 0 bridgehead atoms. The molecule has 0 radical (unpaired) electrons. The van der Waals surface area contributed by atoms with Gasteiger partial charge in [0, 0.05) is 12.1 Å². The molecule has 6 nitrogen and oxygen atoms in total. The van der Waals surface area contributed by atoms with Crippen molar-refractivity contribution in [1.29, 1.82) is 0 Å². The molecule has 6 heteroatoms. The second-order valence-corrected chi connectivity index (χ2v) is 5.77. The van der Waals surface area contributed by atoms with Crippen molar-refractivity contribution in [3.63, 3.8) is 0 Å². The van der Waals surface area contributed by atoms with Gasteiger partial charge >= 0.3 is 0 Å². The van der Waals surface area contributed by atoms with E-state index < -0.39 is 11.0 Å². The van der Waals surface area contributed by atoms with E-state index in [2.05, 4.69) is 12.2 Å². The predicted octanol–water partition coefficient (Wildman–Crippen LogP) is 4.02. The predicted molar refractivity (Wildman–Crippen MR) is 95.4 cm³/mol. The first kappa shape index (κ1) is 18.4. The molecule has 0 saturated heterocycles. The lowest BCUT2D eigenvalue weighted by atomic mass is 10.0. The van der Waals surface area contributed by atoms with E-state index in [0.29, 0.717) is 5.75 Å². The van der Waals surface area contributed by atoms with Gasteiger partial charge in [-0.25, -0.2) is 0 Å². The number of hydrogen-bond acceptors (Lipinski definition) is 4. The summed E-state index contributed by atoms with van der Waals surface area (Å²) < 4.78 is 5.59. The van der Waals surface area contributed by atoms with Crippen molar-refractivity contribution < 1.29 is 14.5 Å². The molecule has 0 fully saturated rings. The van der Waals surface area contributed by atoms with Crippen molar-refractivity contribution in [3.05, 3.63) is 70.3 Å². The number of carbonyl (C=O) groups excluding carboxylic acids is 1. The molecule has 2 aromatic carbocycles. The van der Waals surface area contributed by atoms with Crippen LogP contribution in [0, 0.1) is 10.1 Å². The van der Waals surface area contributed by atoms with Crippen LogP contribution in [-0.2, 0) is 4.79 Å². The van der Waals surface area contributed by atoms with Gasteiger partial charge in [-0.15, -0.1) is 0 Å². The zero-order valence-electron chi connectivity index (χ0n) is 14.3. The van der Waals surface area contributed by atoms with Crippen LogP contribution in [0.4, 0.5) is 5.69 Å². The molecule has 132 valence electrons. The first-order chi connectivity index (χ1) is 12.0. The van der Waals surface area contributed by atoms with E-state index in [1.54, 1.807) is 6.92 Å². The molecule has 0 spiro atoms. The Balaban J connectivity index is 1.99. The van der Waals surface area contributed by atoms with Gasteiger partial charge in [-0.3, -0.25) is 14.9 Å². The van der Waals surface area contributed by atoms with E-state index in [1.165, 1.54) is 24.3 Å². The third kappa shape index (κ3) is 5.31. The fourth-order valence-corrected chi connectivity index (χ4v) is 2.49. The lowest BCUT2D eigenvalue weighted by Gasteiger charge is -2.21. The summed E-state index contributed by atoms with van der Waals surface area (Å²) in [6, 6.07) is 15.4. The van der Waals surface area contributed by atoms with Crippen molar-refractivity contribution >= 4 is 11.6 Å². The number of nitrogens with zero attached hydrogens (tertiary/aromatic N) is 1. The number of non-ortho nitro benzene ring substituents is 1. The summed E-state index contributed by atoms with van der Waals surface area (Å²) in [7, 11) is 0. The van der Waals surface area contributed by atoms with Crippen LogP contribution in [-0.4, -0.2) is 16.9 Å². The molecule has 0 saturated carbocycles. The van der Waals surface area contributed by atoms with Crippen LogP contribution in [0.2, 0.25) is 0 Å². The average molecular weight is 342 g/mol. The minimum atomic E-state index is -0.704. The van der Waals surface area contributed by atoms with Gasteiger partial charge in [-0.05, 0) is 31.0 Å². The van der Waals surface area contributed by atoms with Gasteiger partial charge < -0.3 is 10.1 Å². The summed E-state index contributed by atoms with van der Waals surface area (Å²) in [4.78, 5) is 22.6. The summed E-state index contributed by atoms with van der Waals surface area (Å²) >= 11 is 0. The molecular weight excluding hydrogens is 320 g/mol. The number of nitro benzene ring substituents is 1. The van der Waals surface area contributed by atoms with Gasteiger partial charge in [0.2, 0.25) is 0 Å². The minimum Gasteiger partial charge on any atom is -0.481 e. The monoisotopic (exact) mass is 342 g/mol. The molecule has 1 amide bonds. The van der Waals surface area contributed by atoms with Crippen LogP contribution in [0.25, 0.3) is 0 Å². The summed E-state index contributed by atoms with van der Waals surface area (Å²) in [5.41, 5.74) is 1.04. The van der Waals surface area contributed by atoms with Gasteiger partial charge in [0.1, 0.15) is 5.75 Å². The van der Waals surface area contributed by atoms with E-state index in [-0.39, 0.29) is 17.6 Å². The number of carbonyl (C=O) groups is 1. The smallest absolute Gasteiger partial charge is 0.269 e. The molecule has 0 aliphatic heterocycles. The first-order valence-corrected chi connectivity index (χ1v) is 8.27. The van der Waals surface area contributed by atoms with Crippen molar-refractivity contribution in [2.45, 2.75) is 38.8 Å². The van der Waals surface area contributed by atoms with Crippen LogP contribution in [0.1, 0.15) is 38.3 Å². The van der Waals surface area contributed by atoms with Crippen LogP contribution >= 0.6 is 0 Å². The van der Waals surface area contributed by atoms with Crippen LogP contribution in [0.15, 0.2) is 54.6 Å². The lowest BCUT2D eigenvalue weighted by molar-refractivity contribution is -0.384. The fraction of sp³-hybridized carbons (Fsp3) is 0.316. The van der Waals surface area contributed by atoms with Gasteiger partial charge in [0.15, 0.2) is 6.10 Å². The quantitative estimate of drug-likeness (QED) is 0.580. The fourth-order valence-electron chi connectivity index (χ4n) is 2.49. The van der Waals surface area contributed by atoms with E-state index in [4.69, 9.17) is 4.74 Å². The Kier molecular flexibility index (Phi) is 6.51. The molecule has 0 aliphatic rings. The van der Waals surface area contributed by atoms with Gasteiger partial charge in [0.05, 0.1) is 11.0 Å². The minimum absolute atomic E-state index is 0.0171. The Hall–Kier alpha value is -2.89. The summed E-state index contributed by atoms with van der Waals surface area (Å²) in [6.45, 7) is 3.73. The molecule has 2 rings (SSSR count). The van der Waals surface area contributed by atoms with Crippen LogP contribution in [0.3, 0.4) is 0 Å². The SMILES string of the molecule is CCC[C@H](NC(=O)[C@H](C)Oc1ccc([N+](=O)[O-])cc1)c1ccccc1. The molecule has 0 aliphatic carbocycles. The van der Waals surface area contributed by atoms with E-state index in [1.807, 2.05) is 30.3 Å². The topological polar surface area (TPSA) is 81.5 Å². The first-order valence-electron chi connectivity index (χ1n) is 8.27. The molecule has 25 heavy (non-hydrogen) atoms. The molecule has 0 aromatic heterocycles. The lowest BCUT2D eigenvalue weighted by Crippen LogP contribution is -2.38. The molecule has 1 N–H and O–H groups in total. The maximum atomic E-state index is 12.4. The summed E-state index contributed by atoms with van der Waals surface area (Å²) in [5.74, 6) is 0.195. The van der Waals surface area contributed by atoms with Crippen LogP contribution < -0.4 is 10.1 Å². The highest BCUT2D eigenvalue weighted by Crippen LogP contribution is 2.20. The third-order valence-corrected chi connectivity index (χ3v) is 3.83. The number of benzene rings is 2. The highest BCUT2D eigenvalue weighted by Gasteiger charge is 2.20. The molecule has 2 atom stereocenters. The second-order valence-electron chi connectivity index (χ2n) is 5.77. The molecule has 0 unspecified atom stereocenters. The Labute approximate surface area is 147 Å². The Morgan fingerprint density at radius 3 is 2.36 bits per heavy atom. The van der Waals surface area contributed by atoms with Gasteiger partial charge in [0.25, 0.3) is 11.6 Å². The molecule has 0 heterocycles. The van der Waals surface area contributed by atoms with Gasteiger partial charge in [-0.1, -0.05) is 43.7 Å². The van der Waals surface area contributed by atoms with E-state index in [0.717, 1.165) is 18.4 Å². The Morgan fingerprint density at radius 1 is 1.16 bits per heavy atom.